The van der Waals surface area contributed by atoms with Gasteiger partial charge in [0.25, 0.3) is 0 Å². The van der Waals surface area contributed by atoms with E-state index in [-0.39, 0.29) is 35.5 Å². The number of carbonyl (C=O) groups excluding carboxylic acids is 7. The number of aliphatic hydroxyl groups excluding tert-OH is 2. The van der Waals surface area contributed by atoms with Crippen LogP contribution in [-0.2, 0) is 57.1 Å². The van der Waals surface area contributed by atoms with E-state index in [1.165, 1.54) is 60.6 Å². The topological polar surface area (TPSA) is 257 Å². The first-order valence-electron chi connectivity index (χ1n) is 22.5. The number of hydrogen-bond acceptors (Lipinski definition) is 17. The molecule has 4 N–H and O–H groups in total. The standard InChI is InChI=1S/C50H63NO17/c1-26-31(64-43(59)38(56)36(29-18-14-12-15-19-29)51-44(60)68-45(4,5)6)23-50(61)41(66-42(58)30-20-16-13-17-21-30)39-48(11,40(57)37(55)35(26)46(50,7)8)32(22-33-49(39,25-62-33)67-28(3)53)65-34(54)24-63-47(9,10)27(2)52/h12-21,31-33,36-39,41,55-56,61H,22-25H2,1-11H3,(H,51,60)/t31-,32-,33+,36-,37+,38+,39?,41-,48+,49-,50+/m0/s1. The van der Waals surface area contributed by atoms with Crippen molar-refractivity contribution in [1.82, 2.24) is 5.32 Å². The van der Waals surface area contributed by atoms with Crippen molar-refractivity contribution in [3.63, 3.8) is 0 Å². The molecule has 2 bridgehead atoms. The number of alkyl carbamates (subject to hydrolysis) is 1. The first-order chi connectivity index (χ1) is 31.5. The fraction of sp³-hybridized carbons (Fsp3) is 0.580. The molecule has 4 aliphatic rings. The second-order valence-electron chi connectivity index (χ2n) is 20.4. The van der Waals surface area contributed by atoms with Gasteiger partial charge in [-0.25, -0.2) is 19.2 Å². The number of fused-ring (bicyclic) bond motifs is 5. The number of carbonyl (C=O) groups is 7. The maximum absolute atomic E-state index is 15.6. The van der Waals surface area contributed by atoms with Crippen LogP contribution in [0.4, 0.5) is 4.79 Å². The number of ether oxygens (including phenoxy) is 7. The Morgan fingerprint density at radius 2 is 1.50 bits per heavy atom. The molecule has 2 aromatic rings. The Morgan fingerprint density at radius 1 is 0.897 bits per heavy atom. The minimum absolute atomic E-state index is 0.0225. The number of hydrogen-bond donors (Lipinski definition) is 4. The number of rotatable bonds is 13. The maximum Gasteiger partial charge on any atom is 0.408 e. The molecule has 370 valence electrons. The van der Waals surface area contributed by atoms with Gasteiger partial charge < -0.3 is 53.8 Å². The zero-order valence-electron chi connectivity index (χ0n) is 40.3. The lowest BCUT2D eigenvalue weighted by molar-refractivity contribution is -0.346. The third-order valence-electron chi connectivity index (χ3n) is 14.2. The average molecular weight is 950 g/mol. The third kappa shape index (κ3) is 9.45. The van der Waals surface area contributed by atoms with Crippen LogP contribution in [-0.4, -0.2) is 129 Å². The Balaban J connectivity index is 1.52. The van der Waals surface area contributed by atoms with Gasteiger partial charge in [0, 0.05) is 25.2 Å². The lowest BCUT2D eigenvalue weighted by Gasteiger charge is -2.67. The summed E-state index contributed by atoms with van der Waals surface area (Å²) in [6.45, 7) is 15.0. The van der Waals surface area contributed by atoms with E-state index in [1.54, 1.807) is 69.3 Å². The lowest BCUT2D eigenvalue weighted by atomic mass is 9.44. The number of aliphatic hydroxyl groups is 3. The molecule has 68 heavy (non-hydrogen) atoms. The van der Waals surface area contributed by atoms with Crippen LogP contribution < -0.4 is 5.32 Å². The summed E-state index contributed by atoms with van der Waals surface area (Å²) >= 11 is 0. The first kappa shape index (κ1) is 51.9. The number of Topliss-reactive ketones (excluding diaryl/α,β-unsaturated/α-hetero) is 2. The van der Waals surface area contributed by atoms with E-state index in [1.807, 2.05) is 0 Å². The lowest BCUT2D eigenvalue weighted by Crippen LogP contribution is -2.82. The molecule has 18 heteroatoms. The summed E-state index contributed by atoms with van der Waals surface area (Å²) in [7, 11) is 0. The van der Waals surface area contributed by atoms with Gasteiger partial charge in [0.05, 0.1) is 29.5 Å². The fourth-order valence-corrected chi connectivity index (χ4v) is 10.2. The van der Waals surface area contributed by atoms with E-state index in [0.29, 0.717) is 5.56 Å². The van der Waals surface area contributed by atoms with Gasteiger partial charge in [0.15, 0.2) is 23.3 Å². The van der Waals surface area contributed by atoms with Crippen LogP contribution in [0.2, 0.25) is 0 Å². The van der Waals surface area contributed by atoms with Gasteiger partial charge in [-0.3, -0.25) is 14.4 Å². The number of esters is 4. The van der Waals surface area contributed by atoms with Crippen LogP contribution in [0.3, 0.4) is 0 Å². The van der Waals surface area contributed by atoms with Gasteiger partial charge in [-0.2, -0.15) is 0 Å². The average Bonchev–Trinajstić information content (AvgIpc) is 3.25. The Labute approximate surface area is 395 Å². The van der Waals surface area contributed by atoms with Crippen molar-refractivity contribution >= 4 is 41.5 Å². The largest absolute Gasteiger partial charge is 0.459 e. The van der Waals surface area contributed by atoms with Crippen molar-refractivity contribution in [2.24, 2.45) is 16.7 Å². The van der Waals surface area contributed by atoms with Gasteiger partial charge in [-0.15, -0.1) is 0 Å². The summed E-state index contributed by atoms with van der Waals surface area (Å²) in [5, 5.41) is 40.6. The summed E-state index contributed by atoms with van der Waals surface area (Å²) in [5.74, 6) is -7.17. The van der Waals surface area contributed by atoms with E-state index in [0.717, 1.165) is 6.92 Å². The van der Waals surface area contributed by atoms with Crippen molar-refractivity contribution < 1.29 is 82.0 Å². The zero-order chi connectivity index (χ0) is 50.5. The minimum Gasteiger partial charge on any atom is -0.459 e. The molecule has 18 nitrogen and oxygen atoms in total. The Kier molecular flexibility index (Phi) is 14.3. The van der Waals surface area contributed by atoms with Gasteiger partial charge in [-0.1, -0.05) is 62.4 Å². The predicted molar refractivity (Wildman–Crippen MR) is 238 cm³/mol. The minimum atomic E-state index is -2.48. The predicted octanol–water partition coefficient (Wildman–Crippen LogP) is 4.19. The first-order valence-corrected chi connectivity index (χ1v) is 22.5. The van der Waals surface area contributed by atoms with E-state index < -0.39 is 131 Å². The SMILES string of the molecule is CC(=O)O[C@@]12CO[C@@H]1C[C@H](OC(=O)COC(C)(C)C(C)=O)[C@@]1(C)C(=O)[C@H](O)C3=C(C)[C@@H](OC(=O)[C@H](O)[C@@H](NC(=O)OC(C)(C)C)c4ccccc4)C[C@@](O)([C@@H](OC(=O)c4ccccc4)C12)C3(C)C. The molecule has 1 saturated heterocycles. The van der Waals surface area contributed by atoms with Crippen LogP contribution in [0.5, 0.6) is 0 Å². The molecule has 0 spiro atoms. The summed E-state index contributed by atoms with van der Waals surface area (Å²) < 4.78 is 41.7. The quantitative estimate of drug-likeness (QED) is 0.125. The number of amides is 1. The zero-order valence-corrected chi connectivity index (χ0v) is 40.3. The number of nitrogens with one attached hydrogen (secondary N) is 1. The molecule has 1 aliphatic heterocycles. The Bertz CT molecular complexity index is 2340. The normalized spacial score (nSPS) is 30.6. The second kappa shape index (κ2) is 18.8. The van der Waals surface area contributed by atoms with E-state index in [9.17, 15) is 44.1 Å². The fourth-order valence-electron chi connectivity index (χ4n) is 10.2. The Morgan fingerprint density at radius 3 is 2.04 bits per heavy atom. The van der Waals surface area contributed by atoms with E-state index in [2.05, 4.69) is 5.32 Å². The molecule has 1 amide bonds. The summed E-state index contributed by atoms with van der Waals surface area (Å²) in [4.78, 5) is 96.6. The molecule has 3 fully saturated rings. The van der Waals surface area contributed by atoms with Crippen molar-refractivity contribution in [3.8, 4) is 0 Å². The van der Waals surface area contributed by atoms with Gasteiger partial charge in [-0.05, 0) is 84.2 Å². The molecule has 2 saturated carbocycles. The second-order valence-corrected chi connectivity index (χ2v) is 20.4. The maximum atomic E-state index is 15.6. The van der Waals surface area contributed by atoms with Gasteiger partial charge >= 0.3 is 30.0 Å². The molecular formula is C50H63NO17. The van der Waals surface area contributed by atoms with E-state index >= 15 is 4.79 Å². The number of ketones is 2. The molecule has 1 unspecified atom stereocenters. The summed E-state index contributed by atoms with van der Waals surface area (Å²) in [6, 6.07) is 14.4. The third-order valence-corrected chi connectivity index (χ3v) is 14.2. The van der Waals surface area contributed by atoms with Crippen molar-refractivity contribution in [3.05, 3.63) is 82.9 Å². The highest BCUT2D eigenvalue weighted by molar-refractivity contribution is 5.94. The van der Waals surface area contributed by atoms with Crippen LogP contribution in [0, 0.1) is 16.7 Å². The molecule has 1 heterocycles. The molecule has 11 atom stereocenters. The molecule has 0 radical (unpaired) electrons. The number of benzene rings is 2. The van der Waals surface area contributed by atoms with Crippen LogP contribution in [0.1, 0.15) is 111 Å². The highest BCUT2D eigenvalue weighted by Crippen LogP contribution is 2.64. The highest BCUT2D eigenvalue weighted by Gasteiger charge is 2.78. The smallest absolute Gasteiger partial charge is 0.408 e. The molecular weight excluding hydrogens is 887 g/mol. The summed E-state index contributed by atoms with van der Waals surface area (Å²) in [5.41, 5.74) is -10.3. The monoisotopic (exact) mass is 949 g/mol. The van der Waals surface area contributed by atoms with Crippen molar-refractivity contribution in [1.29, 1.82) is 0 Å². The molecule has 3 aliphatic carbocycles. The molecule has 0 aromatic heterocycles. The highest BCUT2D eigenvalue weighted by atomic mass is 16.6. The van der Waals surface area contributed by atoms with Crippen LogP contribution >= 0.6 is 0 Å². The van der Waals surface area contributed by atoms with Crippen molar-refractivity contribution in [2.45, 2.75) is 154 Å². The Hall–Kier alpha value is -5.53. The summed E-state index contributed by atoms with van der Waals surface area (Å²) in [6.07, 6.45) is -12.2. The molecule has 6 rings (SSSR count). The van der Waals surface area contributed by atoms with Crippen molar-refractivity contribution in [2.75, 3.05) is 13.2 Å². The molecule has 2 aromatic carbocycles. The van der Waals surface area contributed by atoms with Gasteiger partial charge in [0.2, 0.25) is 0 Å². The van der Waals surface area contributed by atoms with E-state index in [4.69, 9.17) is 33.2 Å². The van der Waals surface area contributed by atoms with Crippen LogP contribution in [0.25, 0.3) is 0 Å². The van der Waals surface area contributed by atoms with Crippen LogP contribution in [0.15, 0.2) is 71.8 Å². The van der Waals surface area contributed by atoms with Gasteiger partial charge in [0.1, 0.15) is 53.9 Å².